The van der Waals surface area contributed by atoms with Gasteiger partial charge in [-0.1, -0.05) is 6.92 Å². The Morgan fingerprint density at radius 3 is 2.68 bits per heavy atom. The van der Waals surface area contributed by atoms with Gasteiger partial charge >= 0.3 is 0 Å². The molecule has 0 atom stereocenters. The molecule has 2 N–H and O–H groups in total. The SMILES string of the molecule is CCc1cc(Cn2cc(N)c(C)cc2=O)n(CC)n1. The van der Waals surface area contributed by atoms with Crippen molar-refractivity contribution in [3.05, 3.63) is 45.6 Å². The summed E-state index contributed by atoms with van der Waals surface area (Å²) in [7, 11) is 0. The van der Waals surface area contributed by atoms with Crippen LogP contribution in [0.25, 0.3) is 0 Å². The summed E-state index contributed by atoms with van der Waals surface area (Å²) in [5.41, 5.74) is 9.36. The molecule has 0 unspecified atom stereocenters. The van der Waals surface area contributed by atoms with E-state index in [1.54, 1.807) is 16.8 Å². The van der Waals surface area contributed by atoms with E-state index in [0.717, 1.165) is 29.9 Å². The van der Waals surface area contributed by atoms with Gasteiger partial charge in [0.15, 0.2) is 0 Å². The van der Waals surface area contributed by atoms with E-state index in [1.165, 1.54) is 0 Å². The minimum absolute atomic E-state index is 0.0337. The Morgan fingerprint density at radius 2 is 2.05 bits per heavy atom. The maximum atomic E-state index is 12.0. The lowest BCUT2D eigenvalue weighted by molar-refractivity contribution is 0.589. The van der Waals surface area contributed by atoms with Crippen LogP contribution < -0.4 is 11.3 Å². The van der Waals surface area contributed by atoms with Crippen molar-refractivity contribution in [2.24, 2.45) is 0 Å². The Labute approximate surface area is 112 Å². The van der Waals surface area contributed by atoms with Gasteiger partial charge in [-0.2, -0.15) is 5.10 Å². The highest BCUT2D eigenvalue weighted by atomic mass is 16.1. The second-order valence-corrected chi connectivity index (χ2v) is 4.67. The lowest BCUT2D eigenvalue weighted by Crippen LogP contribution is -2.22. The predicted octanol–water partition coefficient (Wildman–Crippen LogP) is 1.57. The molecule has 2 aromatic heterocycles. The number of rotatable bonds is 4. The van der Waals surface area contributed by atoms with Crippen molar-refractivity contribution in [2.75, 3.05) is 5.73 Å². The molecule has 5 heteroatoms. The highest BCUT2D eigenvalue weighted by Gasteiger charge is 2.08. The third-order valence-corrected chi connectivity index (χ3v) is 3.28. The zero-order chi connectivity index (χ0) is 14.0. The second kappa shape index (κ2) is 5.30. The van der Waals surface area contributed by atoms with Crippen LogP contribution in [0.2, 0.25) is 0 Å². The van der Waals surface area contributed by atoms with Crippen molar-refractivity contribution in [3.63, 3.8) is 0 Å². The number of nitrogens with zero attached hydrogens (tertiary/aromatic N) is 3. The number of nitrogen functional groups attached to an aromatic ring is 1. The molecule has 2 aromatic rings. The molecule has 0 spiro atoms. The van der Waals surface area contributed by atoms with Crippen LogP contribution in [0.4, 0.5) is 5.69 Å². The first-order valence-electron chi connectivity index (χ1n) is 6.57. The van der Waals surface area contributed by atoms with Crippen LogP contribution in [0.5, 0.6) is 0 Å². The van der Waals surface area contributed by atoms with Gasteiger partial charge in [-0.05, 0) is 31.9 Å². The average molecular weight is 260 g/mol. The highest BCUT2D eigenvalue weighted by Crippen LogP contribution is 2.10. The zero-order valence-corrected chi connectivity index (χ0v) is 11.7. The fourth-order valence-electron chi connectivity index (χ4n) is 2.07. The molecule has 0 aromatic carbocycles. The van der Waals surface area contributed by atoms with E-state index >= 15 is 0 Å². The summed E-state index contributed by atoms with van der Waals surface area (Å²) in [5.74, 6) is 0. The normalized spacial score (nSPS) is 10.9. The van der Waals surface area contributed by atoms with E-state index in [2.05, 4.69) is 12.0 Å². The summed E-state index contributed by atoms with van der Waals surface area (Å²) >= 11 is 0. The van der Waals surface area contributed by atoms with Crippen LogP contribution in [0.15, 0.2) is 23.1 Å². The molecule has 102 valence electrons. The quantitative estimate of drug-likeness (QED) is 0.907. The van der Waals surface area contributed by atoms with E-state index in [9.17, 15) is 4.79 Å². The Kier molecular flexibility index (Phi) is 3.74. The Hall–Kier alpha value is -2.04. The van der Waals surface area contributed by atoms with Crippen LogP contribution in [0.3, 0.4) is 0 Å². The summed E-state index contributed by atoms with van der Waals surface area (Å²) in [6.45, 7) is 7.26. The molecule has 0 saturated carbocycles. The maximum Gasteiger partial charge on any atom is 0.251 e. The molecule has 0 aliphatic heterocycles. The van der Waals surface area contributed by atoms with Gasteiger partial charge in [0, 0.05) is 18.8 Å². The van der Waals surface area contributed by atoms with Crippen LogP contribution in [-0.4, -0.2) is 14.3 Å². The molecule has 0 fully saturated rings. The summed E-state index contributed by atoms with van der Waals surface area (Å²) < 4.78 is 3.56. The average Bonchev–Trinajstić information content (AvgIpc) is 2.78. The molecule has 2 rings (SSSR count). The Balaban J connectivity index is 2.38. The van der Waals surface area contributed by atoms with E-state index in [-0.39, 0.29) is 5.56 Å². The zero-order valence-electron chi connectivity index (χ0n) is 11.7. The Morgan fingerprint density at radius 1 is 1.32 bits per heavy atom. The smallest absolute Gasteiger partial charge is 0.251 e. The Bertz CT molecular complexity index is 639. The fourth-order valence-corrected chi connectivity index (χ4v) is 2.07. The van der Waals surface area contributed by atoms with Crippen LogP contribution in [0, 0.1) is 6.92 Å². The largest absolute Gasteiger partial charge is 0.397 e. The first-order valence-corrected chi connectivity index (χ1v) is 6.57. The van der Waals surface area contributed by atoms with E-state index in [0.29, 0.717) is 12.2 Å². The first kappa shape index (κ1) is 13.4. The molecule has 0 amide bonds. The van der Waals surface area contributed by atoms with Gasteiger partial charge in [-0.25, -0.2) is 0 Å². The molecule has 0 aliphatic rings. The van der Waals surface area contributed by atoms with Gasteiger partial charge in [0.2, 0.25) is 0 Å². The number of pyridine rings is 1. The summed E-state index contributed by atoms with van der Waals surface area (Å²) in [6.07, 6.45) is 2.60. The molecule has 2 heterocycles. The van der Waals surface area contributed by atoms with Gasteiger partial charge in [0.05, 0.1) is 23.6 Å². The number of nitrogens with two attached hydrogens (primary N) is 1. The molecular weight excluding hydrogens is 240 g/mol. The lowest BCUT2D eigenvalue weighted by atomic mass is 10.2. The van der Waals surface area contributed by atoms with Crippen molar-refractivity contribution in [3.8, 4) is 0 Å². The number of anilines is 1. The standard InChI is InChI=1S/C14H20N4O/c1-4-11-7-12(18(5-2)16-11)8-17-9-13(15)10(3)6-14(17)19/h6-7,9H,4-5,8,15H2,1-3H3. The summed E-state index contributed by atoms with van der Waals surface area (Å²) in [6, 6.07) is 3.62. The first-order chi connectivity index (χ1) is 9.05. The summed E-state index contributed by atoms with van der Waals surface area (Å²) in [5, 5.41) is 4.48. The van der Waals surface area contributed by atoms with E-state index in [1.807, 2.05) is 24.6 Å². The minimum atomic E-state index is -0.0337. The van der Waals surface area contributed by atoms with Crippen molar-refractivity contribution < 1.29 is 0 Å². The van der Waals surface area contributed by atoms with Crippen molar-refractivity contribution in [1.29, 1.82) is 0 Å². The lowest BCUT2D eigenvalue weighted by Gasteiger charge is -2.09. The monoisotopic (exact) mass is 260 g/mol. The number of aromatic nitrogens is 3. The van der Waals surface area contributed by atoms with Gasteiger partial charge in [-0.15, -0.1) is 0 Å². The third-order valence-electron chi connectivity index (χ3n) is 3.28. The molecule has 0 bridgehead atoms. The molecular formula is C14H20N4O. The number of aryl methyl sites for hydroxylation is 3. The van der Waals surface area contributed by atoms with Crippen molar-refractivity contribution in [1.82, 2.24) is 14.3 Å². The van der Waals surface area contributed by atoms with Gasteiger partial charge in [0.25, 0.3) is 5.56 Å². The highest BCUT2D eigenvalue weighted by molar-refractivity contribution is 5.43. The fraction of sp³-hybridized carbons (Fsp3) is 0.429. The van der Waals surface area contributed by atoms with E-state index < -0.39 is 0 Å². The van der Waals surface area contributed by atoms with Gasteiger partial charge in [0.1, 0.15) is 0 Å². The van der Waals surface area contributed by atoms with Gasteiger partial charge < -0.3 is 10.3 Å². The van der Waals surface area contributed by atoms with Crippen LogP contribution in [-0.2, 0) is 19.5 Å². The third kappa shape index (κ3) is 2.70. The van der Waals surface area contributed by atoms with Crippen LogP contribution in [0.1, 0.15) is 30.8 Å². The number of hydrogen-bond acceptors (Lipinski definition) is 3. The van der Waals surface area contributed by atoms with E-state index in [4.69, 9.17) is 5.73 Å². The predicted molar refractivity (Wildman–Crippen MR) is 76.2 cm³/mol. The molecule has 0 aliphatic carbocycles. The molecule has 0 radical (unpaired) electrons. The summed E-state index contributed by atoms with van der Waals surface area (Å²) in [4.78, 5) is 12.0. The van der Waals surface area contributed by atoms with Crippen molar-refractivity contribution in [2.45, 2.75) is 40.3 Å². The molecule has 0 saturated heterocycles. The molecule has 5 nitrogen and oxygen atoms in total. The number of hydrogen-bond donors (Lipinski definition) is 1. The molecule has 19 heavy (non-hydrogen) atoms. The van der Waals surface area contributed by atoms with Crippen molar-refractivity contribution >= 4 is 5.69 Å². The second-order valence-electron chi connectivity index (χ2n) is 4.67. The maximum absolute atomic E-state index is 12.0. The van der Waals surface area contributed by atoms with Crippen LogP contribution >= 0.6 is 0 Å². The minimum Gasteiger partial charge on any atom is -0.397 e. The topological polar surface area (TPSA) is 65.8 Å². The van der Waals surface area contributed by atoms with Gasteiger partial charge in [-0.3, -0.25) is 9.48 Å².